The highest BCUT2D eigenvalue weighted by Crippen LogP contribution is 2.14. The van der Waals surface area contributed by atoms with Gasteiger partial charge in [0.2, 0.25) is 0 Å². The Bertz CT molecular complexity index is 309. The first-order valence-electron chi connectivity index (χ1n) is 5.79. The Kier molecular flexibility index (Phi) is 4.96. The number of rotatable bonds is 6. The molecule has 1 aromatic rings. The normalized spacial score (nSPS) is 15.4. The van der Waals surface area contributed by atoms with Gasteiger partial charge in [-0.3, -0.25) is 4.68 Å². The van der Waals surface area contributed by atoms with Gasteiger partial charge in [-0.1, -0.05) is 13.8 Å². The van der Waals surface area contributed by atoms with Crippen LogP contribution < -0.4 is 5.32 Å². The Labute approximate surface area is 98.0 Å². The second-order valence-electron chi connectivity index (χ2n) is 4.57. The zero-order chi connectivity index (χ0) is 12.1. The molecule has 1 rings (SSSR count). The van der Waals surface area contributed by atoms with Gasteiger partial charge in [0.05, 0.1) is 12.3 Å². The van der Waals surface area contributed by atoms with Gasteiger partial charge >= 0.3 is 0 Å². The Morgan fingerprint density at radius 1 is 1.44 bits per heavy atom. The van der Waals surface area contributed by atoms with Gasteiger partial charge in [0.25, 0.3) is 0 Å². The Morgan fingerprint density at radius 3 is 2.56 bits per heavy atom. The first-order valence-corrected chi connectivity index (χ1v) is 5.79. The molecule has 4 heteroatoms. The van der Waals surface area contributed by atoms with Gasteiger partial charge in [-0.25, -0.2) is 0 Å². The maximum absolute atomic E-state index is 5.23. The van der Waals surface area contributed by atoms with Crippen LogP contribution in [0.1, 0.15) is 32.5 Å². The van der Waals surface area contributed by atoms with E-state index >= 15 is 0 Å². The summed E-state index contributed by atoms with van der Waals surface area (Å²) >= 11 is 0. The zero-order valence-corrected chi connectivity index (χ0v) is 10.9. The smallest absolute Gasteiger partial charge is 0.0618 e. The van der Waals surface area contributed by atoms with E-state index in [2.05, 4.69) is 31.2 Å². The van der Waals surface area contributed by atoms with E-state index in [0.717, 1.165) is 6.61 Å². The average Bonchev–Trinajstić information content (AvgIpc) is 2.63. The molecule has 0 bridgehead atoms. The summed E-state index contributed by atoms with van der Waals surface area (Å²) in [6.07, 6.45) is 1.83. The highest BCUT2D eigenvalue weighted by molar-refractivity contribution is 5.05. The lowest BCUT2D eigenvalue weighted by Crippen LogP contribution is -2.39. The molecule has 1 heterocycles. The fourth-order valence-electron chi connectivity index (χ4n) is 1.83. The van der Waals surface area contributed by atoms with Crippen LogP contribution in [-0.2, 0) is 11.8 Å². The van der Waals surface area contributed by atoms with Crippen molar-refractivity contribution in [2.45, 2.75) is 32.9 Å². The molecule has 0 saturated carbocycles. The third-order valence-corrected chi connectivity index (χ3v) is 2.92. The van der Waals surface area contributed by atoms with E-state index in [-0.39, 0.29) is 6.04 Å². The molecule has 1 aromatic heterocycles. The van der Waals surface area contributed by atoms with E-state index < -0.39 is 0 Å². The number of nitrogens with zero attached hydrogens (tertiary/aromatic N) is 2. The van der Waals surface area contributed by atoms with Gasteiger partial charge in [0.15, 0.2) is 0 Å². The van der Waals surface area contributed by atoms with Crippen LogP contribution in [-0.4, -0.2) is 29.5 Å². The van der Waals surface area contributed by atoms with Crippen LogP contribution in [0.2, 0.25) is 0 Å². The van der Waals surface area contributed by atoms with Gasteiger partial charge in [0.1, 0.15) is 0 Å². The van der Waals surface area contributed by atoms with Crippen molar-refractivity contribution in [3.05, 3.63) is 18.0 Å². The zero-order valence-electron chi connectivity index (χ0n) is 10.9. The molecular formula is C12H23N3O. The molecule has 0 aliphatic heterocycles. The number of methoxy groups -OCH3 is 1. The second kappa shape index (κ2) is 6.01. The molecule has 0 fully saturated rings. The third kappa shape index (κ3) is 3.32. The Hall–Kier alpha value is -0.870. The van der Waals surface area contributed by atoms with E-state index in [0.29, 0.717) is 12.0 Å². The Morgan fingerprint density at radius 2 is 2.12 bits per heavy atom. The predicted octanol–water partition coefficient (Wildman–Crippen LogP) is 1.74. The second-order valence-corrected chi connectivity index (χ2v) is 4.57. The quantitative estimate of drug-likeness (QED) is 0.801. The van der Waals surface area contributed by atoms with Crippen LogP contribution in [0.15, 0.2) is 12.3 Å². The van der Waals surface area contributed by atoms with Crippen LogP contribution >= 0.6 is 0 Å². The summed E-state index contributed by atoms with van der Waals surface area (Å²) in [5.41, 5.74) is 1.20. The van der Waals surface area contributed by atoms with Crippen molar-refractivity contribution in [2.75, 3.05) is 13.7 Å². The van der Waals surface area contributed by atoms with Gasteiger partial charge < -0.3 is 10.1 Å². The standard InChI is InChI=1S/C12H23N3O/c1-9(2)11(8-16-5)14-10(3)12-6-7-13-15(12)4/h6-7,9-11,14H,8H2,1-5H3. The molecule has 0 radical (unpaired) electrons. The first-order chi connectivity index (χ1) is 7.56. The van der Waals surface area contributed by atoms with E-state index in [9.17, 15) is 0 Å². The van der Waals surface area contributed by atoms with E-state index in [1.165, 1.54) is 5.69 Å². The third-order valence-electron chi connectivity index (χ3n) is 2.92. The molecule has 0 aliphatic rings. The van der Waals surface area contributed by atoms with Gasteiger partial charge in [-0.15, -0.1) is 0 Å². The molecule has 0 aliphatic carbocycles. The lowest BCUT2D eigenvalue weighted by Gasteiger charge is -2.25. The highest BCUT2D eigenvalue weighted by atomic mass is 16.5. The molecule has 2 unspecified atom stereocenters. The van der Waals surface area contributed by atoms with Crippen molar-refractivity contribution in [2.24, 2.45) is 13.0 Å². The molecule has 92 valence electrons. The topological polar surface area (TPSA) is 39.1 Å². The first kappa shape index (κ1) is 13.2. The summed E-state index contributed by atoms with van der Waals surface area (Å²) in [7, 11) is 3.71. The number of ether oxygens (including phenoxy) is 1. The van der Waals surface area contributed by atoms with Crippen LogP contribution in [0.4, 0.5) is 0 Å². The summed E-state index contributed by atoms with van der Waals surface area (Å²) in [6.45, 7) is 7.29. The van der Waals surface area contributed by atoms with E-state index in [1.54, 1.807) is 7.11 Å². The number of aryl methyl sites for hydroxylation is 1. The molecule has 0 aromatic carbocycles. The lowest BCUT2D eigenvalue weighted by molar-refractivity contribution is 0.141. The molecule has 0 saturated heterocycles. The lowest BCUT2D eigenvalue weighted by atomic mass is 10.0. The Balaban J connectivity index is 2.61. The van der Waals surface area contributed by atoms with Gasteiger partial charge in [0, 0.05) is 32.4 Å². The maximum Gasteiger partial charge on any atom is 0.0618 e. The minimum atomic E-state index is 0.287. The van der Waals surface area contributed by atoms with Crippen molar-refractivity contribution < 1.29 is 4.74 Å². The van der Waals surface area contributed by atoms with Gasteiger partial charge in [-0.2, -0.15) is 5.10 Å². The number of hydrogen-bond acceptors (Lipinski definition) is 3. The minimum absolute atomic E-state index is 0.287. The van der Waals surface area contributed by atoms with Crippen molar-refractivity contribution in [3.63, 3.8) is 0 Å². The number of nitrogens with one attached hydrogen (secondary N) is 1. The molecular weight excluding hydrogens is 202 g/mol. The fourth-order valence-corrected chi connectivity index (χ4v) is 1.83. The van der Waals surface area contributed by atoms with Crippen molar-refractivity contribution in [3.8, 4) is 0 Å². The average molecular weight is 225 g/mol. The van der Waals surface area contributed by atoms with Crippen LogP contribution in [0.25, 0.3) is 0 Å². The molecule has 2 atom stereocenters. The van der Waals surface area contributed by atoms with Crippen LogP contribution in [0, 0.1) is 5.92 Å². The molecule has 0 spiro atoms. The predicted molar refractivity (Wildman–Crippen MR) is 65.3 cm³/mol. The number of hydrogen-bond donors (Lipinski definition) is 1. The van der Waals surface area contributed by atoms with Gasteiger partial charge in [-0.05, 0) is 18.9 Å². The summed E-state index contributed by atoms with van der Waals surface area (Å²) < 4.78 is 7.13. The summed E-state index contributed by atoms with van der Waals surface area (Å²) in [4.78, 5) is 0. The highest BCUT2D eigenvalue weighted by Gasteiger charge is 2.18. The summed E-state index contributed by atoms with van der Waals surface area (Å²) in [5.74, 6) is 0.552. The SMILES string of the molecule is COCC(NC(C)c1ccnn1C)C(C)C. The van der Waals surface area contributed by atoms with Crippen LogP contribution in [0.3, 0.4) is 0 Å². The number of aromatic nitrogens is 2. The maximum atomic E-state index is 5.23. The summed E-state index contributed by atoms with van der Waals surface area (Å²) in [5, 5.41) is 7.76. The van der Waals surface area contributed by atoms with Crippen molar-refractivity contribution >= 4 is 0 Å². The molecule has 16 heavy (non-hydrogen) atoms. The minimum Gasteiger partial charge on any atom is -0.383 e. The molecule has 4 nitrogen and oxygen atoms in total. The largest absolute Gasteiger partial charge is 0.383 e. The summed E-state index contributed by atoms with van der Waals surface area (Å²) in [6, 6.07) is 2.70. The van der Waals surface area contributed by atoms with E-state index in [4.69, 9.17) is 4.74 Å². The van der Waals surface area contributed by atoms with Crippen LogP contribution in [0.5, 0.6) is 0 Å². The van der Waals surface area contributed by atoms with Crippen molar-refractivity contribution in [1.82, 2.24) is 15.1 Å². The van der Waals surface area contributed by atoms with E-state index in [1.807, 2.05) is 24.0 Å². The molecule has 1 N–H and O–H groups in total. The molecule has 0 amide bonds. The fraction of sp³-hybridized carbons (Fsp3) is 0.750. The van der Waals surface area contributed by atoms with Crippen molar-refractivity contribution in [1.29, 1.82) is 0 Å². The monoisotopic (exact) mass is 225 g/mol.